The van der Waals surface area contributed by atoms with Gasteiger partial charge in [-0.05, 0) is 12.3 Å². The number of nitrogens with two attached hydrogens (primary N) is 1. The zero-order valence-electron chi connectivity index (χ0n) is 10.9. The second-order valence-electron chi connectivity index (χ2n) is 4.52. The second kappa shape index (κ2) is 7.84. The van der Waals surface area contributed by atoms with Gasteiger partial charge in [-0.1, -0.05) is 19.9 Å². The van der Waals surface area contributed by atoms with Crippen LogP contribution in [0.15, 0.2) is 12.7 Å². The largest absolute Gasteiger partial charge is 0.354 e. The summed E-state index contributed by atoms with van der Waals surface area (Å²) in [6.07, 6.45) is 2.01. The minimum Gasteiger partial charge on any atom is -0.354 e. The molecule has 2 amide bonds. The van der Waals surface area contributed by atoms with Crippen LogP contribution in [0.25, 0.3) is 0 Å². The molecule has 0 aromatic heterocycles. The van der Waals surface area contributed by atoms with Crippen molar-refractivity contribution in [2.24, 2.45) is 11.7 Å². The van der Waals surface area contributed by atoms with Crippen LogP contribution in [-0.2, 0) is 9.59 Å². The summed E-state index contributed by atoms with van der Waals surface area (Å²) in [5, 5.41) is 2.75. The van der Waals surface area contributed by atoms with Crippen molar-refractivity contribution < 1.29 is 9.59 Å². The maximum atomic E-state index is 11.7. The third-order valence-electron chi connectivity index (χ3n) is 2.20. The van der Waals surface area contributed by atoms with Gasteiger partial charge in [-0.25, -0.2) is 0 Å². The summed E-state index contributed by atoms with van der Waals surface area (Å²) in [7, 11) is 1.57. The van der Waals surface area contributed by atoms with E-state index in [0.29, 0.717) is 18.9 Å². The van der Waals surface area contributed by atoms with Gasteiger partial charge in [-0.15, -0.1) is 6.58 Å². The molecule has 0 fully saturated rings. The number of rotatable bonds is 7. The summed E-state index contributed by atoms with van der Waals surface area (Å²) in [6, 6.07) is -0.615. The van der Waals surface area contributed by atoms with Gasteiger partial charge >= 0.3 is 0 Å². The van der Waals surface area contributed by atoms with E-state index >= 15 is 0 Å². The van der Waals surface area contributed by atoms with Crippen molar-refractivity contribution in [3.63, 3.8) is 0 Å². The molecule has 98 valence electrons. The zero-order chi connectivity index (χ0) is 13.4. The highest BCUT2D eigenvalue weighted by Crippen LogP contribution is 1.96. The van der Waals surface area contributed by atoms with Crippen LogP contribution in [0.4, 0.5) is 0 Å². The quantitative estimate of drug-likeness (QED) is 0.622. The van der Waals surface area contributed by atoms with Crippen molar-refractivity contribution >= 4 is 11.8 Å². The maximum Gasteiger partial charge on any atom is 0.240 e. The summed E-state index contributed by atoms with van der Waals surface area (Å²) in [4.78, 5) is 24.5. The molecule has 0 aliphatic carbocycles. The highest BCUT2D eigenvalue weighted by atomic mass is 16.2. The molecule has 0 saturated heterocycles. The number of amides is 2. The Morgan fingerprint density at radius 3 is 2.53 bits per heavy atom. The van der Waals surface area contributed by atoms with Gasteiger partial charge < -0.3 is 16.0 Å². The van der Waals surface area contributed by atoms with Gasteiger partial charge in [0.25, 0.3) is 0 Å². The normalized spacial score (nSPS) is 12.1. The van der Waals surface area contributed by atoms with Crippen LogP contribution in [-0.4, -0.2) is 42.9 Å². The third-order valence-corrected chi connectivity index (χ3v) is 2.20. The number of carbonyl (C=O) groups is 2. The Kier molecular flexibility index (Phi) is 7.21. The maximum absolute atomic E-state index is 11.7. The molecular formula is C12H23N3O2. The second-order valence-corrected chi connectivity index (χ2v) is 4.52. The molecule has 0 saturated carbocycles. The molecule has 0 aromatic rings. The van der Waals surface area contributed by atoms with E-state index in [1.165, 1.54) is 4.90 Å². The van der Waals surface area contributed by atoms with E-state index in [2.05, 4.69) is 11.9 Å². The highest BCUT2D eigenvalue weighted by Gasteiger charge is 2.18. The summed E-state index contributed by atoms with van der Waals surface area (Å²) >= 11 is 0. The predicted molar refractivity (Wildman–Crippen MR) is 68.3 cm³/mol. The molecule has 17 heavy (non-hydrogen) atoms. The molecule has 5 nitrogen and oxygen atoms in total. The first-order valence-electron chi connectivity index (χ1n) is 5.76. The van der Waals surface area contributed by atoms with Crippen LogP contribution < -0.4 is 11.1 Å². The number of nitrogens with zero attached hydrogens (tertiary/aromatic N) is 1. The third kappa shape index (κ3) is 6.73. The van der Waals surface area contributed by atoms with Gasteiger partial charge in [-0.2, -0.15) is 0 Å². The Hall–Kier alpha value is -1.36. The Balaban J connectivity index is 4.06. The number of likely N-dealkylation sites (N-methyl/N-ethyl adjacent to an activating group) is 1. The summed E-state index contributed by atoms with van der Waals surface area (Å²) < 4.78 is 0. The fourth-order valence-corrected chi connectivity index (χ4v) is 1.23. The average molecular weight is 241 g/mol. The van der Waals surface area contributed by atoms with E-state index in [1.54, 1.807) is 13.1 Å². The SMILES string of the molecule is C=CCC(N)C(=O)N(C)CC(=O)NCC(C)C. The van der Waals surface area contributed by atoms with Crippen LogP contribution >= 0.6 is 0 Å². The standard InChI is InChI=1S/C12H23N3O2/c1-5-6-10(13)12(17)15(4)8-11(16)14-7-9(2)3/h5,9-10H,1,6-8,13H2,2-4H3,(H,14,16). The van der Waals surface area contributed by atoms with Crippen molar-refractivity contribution in [2.45, 2.75) is 26.3 Å². The van der Waals surface area contributed by atoms with E-state index in [-0.39, 0.29) is 18.4 Å². The number of hydrogen-bond donors (Lipinski definition) is 2. The molecule has 0 heterocycles. The summed E-state index contributed by atoms with van der Waals surface area (Å²) in [6.45, 7) is 8.19. The molecule has 0 aromatic carbocycles. The topological polar surface area (TPSA) is 75.4 Å². The highest BCUT2D eigenvalue weighted by molar-refractivity contribution is 5.87. The molecule has 1 atom stereocenters. The Labute approximate surface area is 103 Å². The molecule has 0 aliphatic heterocycles. The molecule has 0 bridgehead atoms. The van der Waals surface area contributed by atoms with E-state index in [9.17, 15) is 9.59 Å². The molecule has 0 radical (unpaired) electrons. The van der Waals surface area contributed by atoms with Crippen LogP contribution in [0.5, 0.6) is 0 Å². The van der Waals surface area contributed by atoms with Gasteiger partial charge in [0.15, 0.2) is 0 Å². The first-order valence-corrected chi connectivity index (χ1v) is 5.76. The molecule has 0 rings (SSSR count). The first-order chi connectivity index (χ1) is 7.88. The lowest BCUT2D eigenvalue weighted by molar-refractivity contribution is -0.135. The number of carbonyl (C=O) groups excluding carboxylic acids is 2. The fraction of sp³-hybridized carbons (Fsp3) is 0.667. The molecule has 5 heteroatoms. The fourth-order valence-electron chi connectivity index (χ4n) is 1.23. The monoisotopic (exact) mass is 241 g/mol. The van der Waals surface area contributed by atoms with E-state index < -0.39 is 6.04 Å². The average Bonchev–Trinajstić information content (AvgIpc) is 2.25. The lowest BCUT2D eigenvalue weighted by atomic mass is 10.2. The van der Waals surface area contributed by atoms with Crippen molar-refractivity contribution in [3.8, 4) is 0 Å². The van der Waals surface area contributed by atoms with Crippen molar-refractivity contribution in [1.29, 1.82) is 0 Å². The lowest BCUT2D eigenvalue weighted by Crippen LogP contribution is -2.46. The van der Waals surface area contributed by atoms with Crippen molar-refractivity contribution in [2.75, 3.05) is 20.1 Å². The van der Waals surface area contributed by atoms with Crippen LogP contribution in [0.1, 0.15) is 20.3 Å². The molecule has 1 unspecified atom stereocenters. The number of nitrogens with one attached hydrogen (secondary N) is 1. The van der Waals surface area contributed by atoms with E-state index in [1.807, 2.05) is 13.8 Å². The van der Waals surface area contributed by atoms with Gasteiger partial charge in [0.05, 0.1) is 12.6 Å². The predicted octanol–water partition coefficient (Wildman–Crippen LogP) is 0.120. The minimum absolute atomic E-state index is 0.0381. The van der Waals surface area contributed by atoms with E-state index in [4.69, 9.17) is 5.73 Å². The van der Waals surface area contributed by atoms with Gasteiger partial charge in [0.1, 0.15) is 0 Å². The lowest BCUT2D eigenvalue weighted by Gasteiger charge is -2.20. The van der Waals surface area contributed by atoms with Gasteiger partial charge in [0, 0.05) is 13.6 Å². The molecule has 0 spiro atoms. The molecule has 0 aliphatic rings. The molecular weight excluding hydrogens is 218 g/mol. The van der Waals surface area contributed by atoms with Gasteiger partial charge in [-0.3, -0.25) is 9.59 Å². The number of hydrogen-bond acceptors (Lipinski definition) is 3. The zero-order valence-corrected chi connectivity index (χ0v) is 10.9. The smallest absolute Gasteiger partial charge is 0.240 e. The van der Waals surface area contributed by atoms with Crippen LogP contribution in [0, 0.1) is 5.92 Å². The van der Waals surface area contributed by atoms with Crippen LogP contribution in [0.2, 0.25) is 0 Å². The Bertz CT molecular complexity index is 277. The van der Waals surface area contributed by atoms with Crippen molar-refractivity contribution in [3.05, 3.63) is 12.7 Å². The van der Waals surface area contributed by atoms with Gasteiger partial charge in [0.2, 0.25) is 11.8 Å². The summed E-state index contributed by atoms with van der Waals surface area (Å²) in [5.74, 6) is -0.0204. The van der Waals surface area contributed by atoms with E-state index in [0.717, 1.165) is 0 Å². The minimum atomic E-state index is -0.615. The first kappa shape index (κ1) is 15.6. The van der Waals surface area contributed by atoms with Crippen molar-refractivity contribution in [1.82, 2.24) is 10.2 Å². The Morgan fingerprint density at radius 1 is 1.47 bits per heavy atom. The van der Waals surface area contributed by atoms with Crippen LogP contribution in [0.3, 0.4) is 0 Å². The summed E-state index contributed by atoms with van der Waals surface area (Å²) in [5.41, 5.74) is 5.63. The Morgan fingerprint density at radius 2 is 2.06 bits per heavy atom. The molecule has 3 N–H and O–H groups in total.